The van der Waals surface area contributed by atoms with E-state index in [2.05, 4.69) is 19.9 Å². The number of guanidine groups is 1. The fourth-order valence-corrected chi connectivity index (χ4v) is 0.563. The first-order chi connectivity index (χ1) is 9.04. The Bertz CT molecular complexity index is 444. The first-order valence-electron chi connectivity index (χ1n) is 4.07. The van der Waals surface area contributed by atoms with Crippen LogP contribution in [0.1, 0.15) is 0 Å². The van der Waals surface area contributed by atoms with Gasteiger partial charge in [-0.3, -0.25) is 0 Å². The number of anilines is 2. The largest absolute Gasteiger partial charge is 0.370 e. The highest BCUT2D eigenvalue weighted by Crippen LogP contribution is 2.05. The lowest BCUT2D eigenvalue weighted by Crippen LogP contribution is -2.22. The van der Waals surface area contributed by atoms with Crippen LogP contribution in [0.3, 0.4) is 0 Å². The maximum absolute atomic E-state index is 8.36. The molecule has 16 heteroatoms. The van der Waals surface area contributed by atoms with Gasteiger partial charge in [-0.1, -0.05) is 0 Å². The van der Waals surface area contributed by atoms with Crippen LogP contribution in [-0.2, 0) is 0 Å². The topological polar surface area (TPSA) is 282 Å². The Hall–Kier alpha value is -3.72. The van der Waals surface area contributed by atoms with Gasteiger partial charge in [-0.15, -0.1) is 20.2 Å². The Morgan fingerprint density at radius 3 is 1.55 bits per heavy atom. The molecule has 0 aromatic carbocycles. The fraction of sp³-hybridized carbons (Fsp3) is 0. The van der Waals surface area contributed by atoms with Gasteiger partial charge in [0.1, 0.15) is 0 Å². The third kappa shape index (κ3) is 16.7. The number of aromatic nitrogens is 3. The van der Waals surface area contributed by atoms with Crippen molar-refractivity contribution >= 4 is 23.8 Å². The molecule has 0 unspecified atom stereocenters. The number of aliphatic imine (C=N–C) groups is 1. The molecule has 1 rings (SSSR count). The van der Waals surface area contributed by atoms with E-state index in [1.807, 2.05) is 0 Å². The zero-order valence-corrected chi connectivity index (χ0v) is 9.52. The van der Waals surface area contributed by atoms with E-state index in [-0.39, 0.29) is 23.8 Å². The molecule has 20 heavy (non-hydrogen) atoms. The van der Waals surface area contributed by atoms with Gasteiger partial charge in [0.2, 0.25) is 11.9 Å². The third-order valence-corrected chi connectivity index (χ3v) is 0.887. The standard InChI is InChI=1S/C4H8N8.2HNO3/c5-1(6)9-4-11-2(7)10-3(8)12-4;2*2-1(3)4/h(H8,5,6,7,8,9,10,11,12);2*(H,2,3,4). The number of nitrogen functional groups attached to an aromatic ring is 2. The Morgan fingerprint density at radius 2 is 1.30 bits per heavy atom. The summed E-state index contributed by atoms with van der Waals surface area (Å²) in [6.07, 6.45) is 0. The predicted octanol–water partition coefficient (Wildman–Crippen LogP) is -2.75. The fourth-order valence-electron chi connectivity index (χ4n) is 0.563. The van der Waals surface area contributed by atoms with E-state index < -0.39 is 10.2 Å². The SMILES string of the molecule is NC(N)=Nc1nc(N)nc(N)n1.O=[N+]([O-])O.O=[N+]([O-])O. The van der Waals surface area contributed by atoms with Gasteiger partial charge in [-0.25, -0.2) is 0 Å². The molecule has 0 saturated heterocycles. The Kier molecular flexibility index (Phi) is 8.69. The van der Waals surface area contributed by atoms with Crippen LogP contribution in [0.4, 0.5) is 17.8 Å². The highest BCUT2D eigenvalue weighted by molar-refractivity contribution is 5.78. The van der Waals surface area contributed by atoms with E-state index in [0.717, 1.165) is 0 Å². The van der Waals surface area contributed by atoms with Crippen LogP contribution in [0.25, 0.3) is 0 Å². The van der Waals surface area contributed by atoms with Crippen molar-refractivity contribution in [3.05, 3.63) is 20.2 Å². The normalized spacial score (nSPS) is 8.00. The lowest BCUT2D eigenvalue weighted by Gasteiger charge is -1.96. The minimum Gasteiger partial charge on any atom is -0.370 e. The van der Waals surface area contributed by atoms with Crippen molar-refractivity contribution < 1.29 is 20.6 Å². The molecule has 1 aromatic rings. The molecular weight excluding hydrogens is 284 g/mol. The van der Waals surface area contributed by atoms with Crippen LogP contribution in [0.5, 0.6) is 0 Å². The summed E-state index contributed by atoms with van der Waals surface area (Å²) in [4.78, 5) is 31.0. The second-order valence-corrected chi connectivity index (χ2v) is 2.36. The monoisotopic (exact) mass is 294 g/mol. The molecule has 0 aliphatic carbocycles. The molecule has 1 aromatic heterocycles. The highest BCUT2D eigenvalue weighted by atomic mass is 16.9. The van der Waals surface area contributed by atoms with Gasteiger partial charge < -0.3 is 33.3 Å². The van der Waals surface area contributed by atoms with Crippen molar-refractivity contribution in [3.8, 4) is 0 Å². The molecule has 0 aliphatic heterocycles. The number of nitrogens with two attached hydrogens (primary N) is 4. The smallest absolute Gasteiger partial charge is 0.291 e. The van der Waals surface area contributed by atoms with Crippen LogP contribution in [0.15, 0.2) is 4.99 Å². The van der Waals surface area contributed by atoms with E-state index in [4.69, 9.17) is 53.6 Å². The van der Waals surface area contributed by atoms with Crippen molar-refractivity contribution in [1.29, 1.82) is 0 Å². The quantitative estimate of drug-likeness (QED) is 0.132. The minimum atomic E-state index is -1.50. The van der Waals surface area contributed by atoms with Crippen molar-refractivity contribution in [1.82, 2.24) is 15.0 Å². The van der Waals surface area contributed by atoms with Crippen LogP contribution in [0.2, 0.25) is 0 Å². The minimum absolute atomic E-state index is 0.000000000000000444. The number of nitrogens with zero attached hydrogens (tertiary/aromatic N) is 6. The molecule has 0 atom stereocenters. The lowest BCUT2D eigenvalue weighted by molar-refractivity contribution is -0.742. The molecule has 0 saturated carbocycles. The summed E-state index contributed by atoms with van der Waals surface area (Å²) >= 11 is 0. The van der Waals surface area contributed by atoms with E-state index in [0.29, 0.717) is 0 Å². The second-order valence-electron chi connectivity index (χ2n) is 2.36. The van der Waals surface area contributed by atoms with E-state index in [1.165, 1.54) is 0 Å². The first kappa shape index (κ1) is 18.6. The van der Waals surface area contributed by atoms with E-state index in [1.54, 1.807) is 0 Å². The van der Waals surface area contributed by atoms with Crippen LogP contribution < -0.4 is 22.9 Å². The highest BCUT2D eigenvalue weighted by Gasteiger charge is 1.99. The maximum Gasteiger partial charge on any atom is 0.291 e. The molecule has 0 radical (unpaired) electrons. The first-order valence-corrected chi connectivity index (χ1v) is 4.07. The predicted molar refractivity (Wildman–Crippen MR) is 61.7 cm³/mol. The Labute approximate surface area is 109 Å². The zero-order chi connectivity index (χ0) is 16.3. The average Bonchev–Trinajstić information content (AvgIpc) is 2.11. The van der Waals surface area contributed by atoms with Gasteiger partial charge in [0, 0.05) is 0 Å². The van der Waals surface area contributed by atoms with Gasteiger partial charge in [0.25, 0.3) is 16.1 Å². The van der Waals surface area contributed by atoms with Gasteiger partial charge >= 0.3 is 0 Å². The summed E-state index contributed by atoms with van der Waals surface area (Å²) in [6.45, 7) is 0. The summed E-state index contributed by atoms with van der Waals surface area (Å²) in [5, 5.41) is 27.3. The molecule has 16 nitrogen and oxygen atoms in total. The molecule has 10 N–H and O–H groups in total. The van der Waals surface area contributed by atoms with Crippen LogP contribution in [0, 0.1) is 20.2 Å². The molecule has 0 bridgehead atoms. The summed E-state index contributed by atoms with van der Waals surface area (Å²) in [5.41, 5.74) is 20.6. The third-order valence-electron chi connectivity index (χ3n) is 0.887. The number of rotatable bonds is 1. The molecule has 0 spiro atoms. The summed E-state index contributed by atoms with van der Waals surface area (Å²) in [7, 11) is 0. The van der Waals surface area contributed by atoms with E-state index in [9.17, 15) is 0 Å². The van der Waals surface area contributed by atoms with Gasteiger partial charge in [0.05, 0.1) is 0 Å². The van der Waals surface area contributed by atoms with Gasteiger partial charge in [0.15, 0.2) is 5.96 Å². The Morgan fingerprint density at radius 1 is 1.00 bits per heavy atom. The van der Waals surface area contributed by atoms with E-state index >= 15 is 0 Å². The molecular formula is C4H10N10O6. The van der Waals surface area contributed by atoms with Crippen LogP contribution in [-0.4, -0.2) is 41.5 Å². The summed E-state index contributed by atoms with van der Waals surface area (Å²) in [5.74, 6) is -0.218. The van der Waals surface area contributed by atoms with Crippen molar-refractivity contribution in [2.45, 2.75) is 0 Å². The Balaban J connectivity index is 0. The molecule has 1 heterocycles. The van der Waals surface area contributed by atoms with Gasteiger partial charge in [-0.05, 0) is 0 Å². The summed E-state index contributed by atoms with van der Waals surface area (Å²) in [6, 6.07) is 0. The molecule has 0 fully saturated rings. The number of hydrogen-bond acceptors (Lipinski definition) is 10. The average molecular weight is 294 g/mol. The number of hydrogen-bond donors (Lipinski definition) is 6. The van der Waals surface area contributed by atoms with Crippen LogP contribution >= 0.6 is 0 Å². The molecule has 112 valence electrons. The van der Waals surface area contributed by atoms with Crippen molar-refractivity contribution in [3.63, 3.8) is 0 Å². The molecule has 0 amide bonds. The summed E-state index contributed by atoms with van der Waals surface area (Å²) < 4.78 is 0. The zero-order valence-electron chi connectivity index (χ0n) is 9.52. The van der Waals surface area contributed by atoms with Crippen molar-refractivity contribution in [2.24, 2.45) is 16.5 Å². The second kappa shape index (κ2) is 9.32. The lowest BCUT2D eigenvalue weighted by atomic mass is 10.8. The maximum atomic E-state index is 8.36. The molecule has 0 aliphatic rings. The van der Waals surface area contributed by atoms with Crippen molar-refractivity contribution in [2.75, 3.05) is 11.5 Å². The van der Waals surface area contributed by atoms with Gasteiger partial charge in [-0.2, -0.15) is 19.9 Å².